The third kappa shape index (κ3) is 4.60. The molecule has 3 aliphatic rings. The largest absolute Gasteiger partial charge is 0.508 e. The van der Waals surface area contributed by atoms with Gasteiger partial charge >= 0.3 is 0 Å². The first-order valence-corrected chi connectivity index (χ1v) is 16.3. The van der Waals surface area contributed by atoms with E-state index >= 15 is 0 Å². The predicted molar refractivity (Wildman–Crippen MR) is 174 cm³/mol. The summed E-state index contributed by atoms with van der Waals surface area (Å²) in [5.41, 5.74) is -0.862. The lowest BCUT2D eigenvalue weighted by Crippen LogP contribution is -2.69. The predicted octanol–water partition coefficient (Wildman–Crippen LogP) is 7.15. The van der Waals surface area contributed by atoms with E-state index in [4.69, 9.17) is 0 Å². The average molecular weight is 615 g/mol. The summed E-state index contributed by atoms with van der Waals surface area (Å²) in [4.78, 5) is 41.0. The SMILES string of the molecule is CCCCCc1ccc(CC)c(-c2ccc(O)c3c2C[C@]2(C)C[C@]4(C)C(C(C)C)C(=O)C(C(C)=O)=C(O)[C@]4(O)C(=O)C2=C3O)c1. The number of phenolic OH excluding ortho intramolecular Hbond substituents is 1. The van der Waals surface area contributed by atoms with E-state index in [1.54, 1.807) is 20.8 Å². The van der Waals surface area contributed by atoms with Crippen LogP contribution in [0, 0.1) is 22.7 Å². The fourth-order valence-electron chi connectivity index (χ4n) is 8.89. The molecule has 5 rings (SSSR count). The minimum atomic E-state index is -2.62. The van der Waals surface area contributed by atoms with Gasteiger partial charge in [-0.15, -0.1) is 0 Å². The number of fused-ring (bicyclic) bond motifs is 3. The maximum Gasteiger partial charge on any atom is 0.203 e. The molecule has 0 radical (unpaired) electrons. The number of Topliss-reactive ketones (excluding diaryl/α,β-unsaturated/α-hetero) is 3. The van der Waals surface area contributed by atoms with Gasteiger partial charge in [-0.25, -0.2) is 0 Å². The van der Waals surface area contributed by atoms with Gasteiger partial charge in [0.2, 0.25) is 5.78 Å². The zero-order valence-corrected chi connectivity index (χ0v) is 27.5. The second kappa shape index (κ2) is 11.3. The van der Waals surface area contributed by atoms with E-state index in [-0.39, 0.29) is 35.6 Å². The molecule has 1 fully saturated rings. The first-order valence-electron chi connectivity index (χ1n) is 16.3. The van der Waals surface area contributed by atoms with E-state index in [0.717, 1.165) is 55.7 Å². The number of aliphatic hydroxyl groups excluding tert-OH is 2. The van der Waals surface area contributed by atoms with Gasteiger partial charge in [0.15, 0.2) is 17.2 Å². The zero-order chi connectivity index (χ0) is 33.2. The molecule has 4 N–H and O–H groups in total. The molecule has 45 heavy (non-hydrogen) atoms. The molecule has 1 saturated carbocycles. The minimum absolute atomic E-state index is 0.0672. The number of carbonyl (C=O) groups excluding carboxylic acids is 3. The third-order valence-corrected chi connectivity index (χ3v) is 10.8. The quantitative estimate of drug-likeness (QED) is 0.183. The molecule has 3 aliphatic carbocycles. The Morgan fingerprint density at radius 3 is 2.29 bits per heavy atom. The van der Waals surface area contributed by atoms with E-state index < -0.39 is 56.8 Å². The molecule has 0 spiro atoms. The topological polar surface area (TPSA) is 132 Å². The van der Waals surface area contributed by atoms with Gasteiger partial charge < -0.3 is 20.4 Å². The summed E-state index contributed by atoms with van der Waals surface area (Å²) in [5.74, 6) is -5.20. The standard InChI is InChI=1S/C38H46O7/c1-8-10-11-12-22-13-14-23(9-2)25(17-22)24-15-16-27(40)29-26(24)18-36(6)19-37(7)30(20(3)4)32(41)28(21(5)39)34(43)38(37,45)35(44)31(36)33(29)42/h13-17,20,30,40,42-43,45H,8-12,18-19H2,1-7H3/t30?,36-,37-,38+/m1/s1. The number of ketones is 3. The number of hydrogen-bond donors (Lipinski definition) is 4. The molecule has 0 bridgehead atoms. The highest BCUT2D eigenvalue weighted by Gasteiger charge is 2.72. The van der Waals surface area contributed by atoms with Crippen molar-refractivity contribution in [3.8, 4) is 16.9 Å². The molecule has 2 aromatic rings. The summed E-state index contributed by atoms with van der Waals surface area (Å²) in [7, 11) is 0. The van der Waals surface area contributed by atoms with Crippen molar-refractivity contribution in [1.29, 1.82) is 0 Å². The maximum atomic E-state index is 14.6. The van der Waals surface area contributed by atoms with Crippen LogP contribution >= 0.6 is 0 Å². The summed E-state index contributed by atoms with van der Waals surface area (Å²) in [6.45, 7) is 12.5. The summed E-state index contributed by atoms with van der Waals surface area (Å²) in [6, 6.07) is 9.85. The molecule has 2 aromatic carbocycles. The Kier molecular flexibility index (Phi) is 8.18. The van der Waals surface area contributed by atoms with Gasteiger partial charge in [0.1, 0.15) is 22.8 Å². The highest BCUT2D eigenvalue weighted by molar-refractivity contribution is 6.24. The molecule has 0 aliphatic heterocycles. The summed E-state index contributed by atoms with van der Waals surface area (Å²) in [6.07, 6.45) is 5.36. The molecule has 0 aromatic heterocycles. The molecule has 0 saturated heterocycles. The van der Waals surface area contributed by atoms with Crippen LogP contribution in [-0.4, -0.2) is 43.4 Å². The Morgan fingerprint density at radius 1 is 1.00 bits per heavy atom. The van der Waals surface area contributed by atoms with Crippen LogP contribution in [0.25, 0.3) is 16.9 Å². The average Bonchev–Trinajstić information content (AvgIpc) is 2.94. The highest BCUT2D eigenvalue weighted by Crippen LogP contribution is 2.65. The van der Waals surface area contributed by atoms with E-state index in [1.165, 1.54) is 11.6 Å². The number of carbonyl (C=O) groups is 3. The van der Waals surface area contributed by atoms with Crippen LogP contribution in [0.3, 0.4) is 0 Å². The van der Waals surface area contributed by atoms with Crippen LogP contribution < -0.4 is 0 Å². The first kappa shape index (κ1) is 32.7. The van der Waals surface area contributed by atoms with Crippen LogP contribution in [0.15, 0.2) is 47.2 Å². The normalized spacial score (nSPS) is 27.9. The van der Waals surface area contributed by atoms with E-state index in [2.05, 4.69) is 32.0 Å². The fraction of sp³-hybridized carbons (Fsp3) is 0.500. The minimum Gasteiger partial charge on any atom is -0.508 e. The molecule has 1 unspecified atom stereocenters. The number of aryl methyl sites for hydroxylation is 2. The van der Waals surface area contributed by atoms with Gasteiger partial charge in [-0.2, -0.15) is 0 Å². The van der Waals surface area contributed by atoms with Gasteiger partial charge in [-0.1, -0.05) is 78.6 Å². The number of hydrogen-bond acceptors (Lipinski definition) is 7. The zero-order valence-electron chi connectivity index (χ0n) is 27.5. The third-order valence-electron chi connectivity index (χ3n) is 10.8. The first-order chi connectivity index (χ1) is 21.1. The smallest absolute Gasteiger partial charge is 0.203 e. The van der Waals surface area contributed by atoms with Crippen LogP contribution in [-0.2, 0) is 33.6 Å². The lowest BCUT2D eigenvalue weighted by atomic mass is 9.43. The number of aromatic hydroxyl groups is 1. The monoisotopic (exact) mass is 614 g/mol. The molecule has 240 valence electrons. The van der Waals surface area contributed by atoms with E-state index in [9.17, 15) is 34.8 Å². The summed E-state index contributed by atoms with van der Waals surface area (Å²) < 4.78 is 0. The summed E-state index contributed by atoms with van der Waals surface area (Å²) in [5, 5.41) is 46.7. The Balaban J connectivity index is 1.77. The van der Waals surface area contributed by atoms with Crippen LogP contribution in [0.2, 0.25) is 0 Å². The lowest BCUT2D eigenvalue weighted by Gasteiger charge is -2.59. The van der Waals surface area contributed by atoms with Gasteiger partial charge in [-0.05, 0) is 78.8 Å². The number of phenols is 1. The van der Waals surface area contributed by atoms with Gasteiger partial charge in [-0.3, -0.25) is 14.4 Å². The van der Waals surface area contributed by atoms with Crippen LogP contribution in [0.1, 0.15) is 96.4 Å². The van der Waals surface area contributed by atoms with E-state index in [0.29, 0.717) is 5.56 Å². The molecular formula is C38H46O7. The molecule has 7 nitrogen and oxygen atoms in total. The number of benzene rings is 2. The fourth-order valence-corrected chi connectivity index (χ4v) is 8.89. The van der Waals surface area contributed by atoms with Gasteiger partial charge in [0, 0.05) is 22.3 Å². The Hall–Kier alpha value is -3.71. The van der Waals surface area contributed by atoms with Crippen LogP contribution in [0.4, 0.5) is 0 Å². The number of rotatable bonds is 8. The number of unbranched alkanes of at least 4 members (excludes halogenated alkanes) is 2. The van der Waals surface area contributed by atoms with Gasteiger partial charge in [0.25, 0.3) is 0 Å². The van der Waals surface area contributed by atoms with Crippen molar-refractivity contribution in [3.05, 3.63) is 69.5 Å². The molecular weight excluding hydrogens is 568 g/mol. The second-order valence-electron chi connectivity index (χ2n) is 14.2. The molecule has 0 heterocycles. The Labute approximate surface area is 265 Å². The number of allylic oxidation sites excluding steroid dienone is 1. The van der Waals surface area contributed by atoms with Crippen LogP contribution in [0.5, 0.6) is 5.75 Å². The number of aliphatic hydroxyl groups is 3. The van der Waals surface area contributed by atoms with Gasteiger partial charge in [0.05, 0.1) is 5.56 Å². The van der Waals surface area contributed by atoms with Crippen molar-refractivity contribution in [3.63, 3.8) is 0 Å². The second-order valence-corrected chi connectivity index (χ2v) is 14.2. The van der Waals surface area contributed by atoms with Crippen molar-refractivity contribution in [1.82, 2.24) is 0 Å². The summed E-state index contributed by atoms with van der Waals surface area (Å²) >= 11 is 0. The Morgan fingerprint density at radius 2 is 1.69 bits per heavy atom. The van der Waals surface area contributed by atoms with E-state index in [1.807, 2.05) is 13.0 Å². The highest BCUT2D eigenvalue weighted by atomic mass is 16.3. The van der Waals surface area contributed by atoms with Crippen molar-refractivity contribution >= 4 is 23.1 Å². The maximum absolute atomic E-state index is 14.6. The lowest BCUT2D eigenvalue weighted by molar-refractivity contribution is -0.178. The van der Waals surface area contributed by atoms with Crippen molar-refractivity contribution in [2.45, 2.75) is 99.0 Å². The molecule has 4 atom stereocenters. The van der Waals surface area contributed by atoms with Crippen molar-refractivity contribution < 1.29 is 34.8 Å². The molecule has 0 amide bonds. The molecule has 7 heteroatoms. The Bertz CT molecular complexity index is 1680. The van der Waals surface area contributed by atoms with Crippen molar-refractivity contribution in [2.24, 2.45) is 22.7 Å². The van der Waals surface area contributed by atoms with Crippen molar-refractivity contribution in [2.75, 3.05) is 0 Å².